The van der Waals surface area contributed by atoms with Crippen LogP contribution in [0.25, 0.3) is 11.1 Å². The van der Waals surface area contributed by atoms with Crippen molar-refractivity contribution >= 4 is 32.7 Å². The maximum Gasteiger partial charge on any atom is 0.420 e. The van der Waals surface area contributed by atoms with Crippen LogP contribution in [0.2, 0.25) is 0 Å². The van der Waals surface area contributed by atoms with Gasteiger partial charge < -0.3 is 9.32 Å². The number of carbonyl (C=O) groups is 1. The number of benzene rings is 2. The van der Waals surface area contributed by atoms with E-state index in [1.54, 1.807) is 24.3 Å². The molecule has 2 heterocycles. The number of hydrogen-bond acceptors (Lipinski definition) is 7. The van der Waals surface area contributed by atoms with Crippen molar-refractivity contribution in [1.29, 1.82) is 0 Å². The highest BCUT2D eigenvalue weighted by Gasteiger charge is 2.34. The molecule has 11 nitrogen and oxygen atoms in total. The van der Waals surface area contributed by atoms with Gasteiger partial charge in [-0.1, -0.05) is 24.3 Å². The lowest BCUT2D eigenvalue weighted by Crippen LogP contribution is -2.51. The van der Waals surface area contributed by atoms with E-state index in [1.165, 1.54) is 27.7 Å². The molecule has 1 saturated heterocycles. The Kier molecular flexibility index (Phi) is 5.33. The van der Waals surface area contributed by atoms with Crippen LogP contribution in [-0.2, 0) is 21.4 Å². The first-order valence-corrected chi connectivity index (χ1v) is 10.8. The largest absolute Gasteiger partial charge is 0.420 e. The predicted octanol–water partition coefficient (Wildman–Crippen LogP) is 1.04. The fourth-order valence-electron chi connectivity index (χ4n) is 3.54. The molecule has 1 aliphatic rings. The summed E-state index contributed by atoms with van der Waals surface area (Å²) in [6.45, 7) is -0.0540. The molecule has 0 atom stereocenters. The van der Waals surface area contributed by atoms with E-state index in [2.05, 4.69) is 0 Å². The van der Waals surface area contributed by atoms with Crippen molar-refractivity contribution < 1.29 is 22.6 Å². The third-order valence-corrected chi connectivity index (χ3v) is 7.08. The standard InChI is InChI=1S/C19H18N4O7S/c24-18(13-22-14-5-1-3-7-16(14)30-19(22)25)20-9-11-21(12-10-20)31(28,29)17-8-4-2-6-15(17)23(26)27/h1-8H,9-13H2. The summed E-state index contributed by atoms with van der Waals surface area (Å²) in [5, 5.41) is 11.2. The predicted molar refractivity (Wildman–Crippen MR) is 109 cm³/mol. The lowest BCUT2D eigenvalue weighted by atomic mass is 10.3. The van der Waals surface area contributed by atoms with E-state index >= 15 is 0 Å². The number of oxazole rings is 1. The Morgan fingerprint density at radius 2 is 1.68 bits per heavy atom. The molecule has 0 radical (unpaired) electrons. The first-order chi connectivity index (χ1) is 14.8. The van der Waals surface area contributed by atoms with E-state index in [4.69, 9.17) is 4.42 Å². The van der Waals surface area contributed by atoms with Gasteiger partial charge >= 0.3 is 5.76 Å². The van der Waals surface area contributed by atoms with Gasteiger partial charge in [0.05, 0.1) is 10.4 Å². The summed E-state index contributed by atoms with van der Waals surface area (Å²) in [6, 6.07) is 11.9. The molecule has 0 N–H and O–H groups in total. The minimum atomic E-state index is -4.09. The number of hydrogen-bond donors (Lipinski definition) is 0. The molecule has 0 spiro atoms. The van der Waals surface area contributed by atoms with Crippen LogP contribution in [0.3, 0.4) is 0 Å². The van der Waals surface area contributed by atoms with Gasteiger partial charge in [0, 0.05) is 32.2 Å². The molecule has 3 aromatic rings. The number of amides is 1. The maximum absolute atomic E-state index is 12.9. The Morgan fingerprint density at radius 3 is 2.39 bits per heavy atom. The van der Waals surface area contributed by atoms with Gasteiger partial charge in [0.2, 0.25) is 15.9 Å². The monoisotopic (exact) mass is 446 g/mol. The molecule has 0 saturated carbocycles. The van der Waals surface area contributed by atoms with Gasteiger partial charge in [0.25, 0.3) is 5.69 Å². The van der Waals surface area contributed by atoms with Crippen LogP contribution in [-0.4, -0.2) is 59.2 Å². The van der Waals surface area contributed by atoms with E-state index in [0.29, 0.717) is 11.1 Å². The molecule has 1 aliphatic heterocycles. The number of rotatable bonds is 5. The minimum Gasteiger partial charge on any atom is -0.408 e. The first-order valence-electron chi connectivity index (χ1n) is 9.39. The summed E-state index contributed by atoms with van der Waals surface area (Å²) < 4.78 is 33.3. The van der Waals surface area contributed by atoms with Crippen LogP contribution in [0.1, 0.15) is 0 Å². The number of nitro groups is 1. The van der Waals surface area contributed by atoms with Gasteiger partial charge in [-0.2, -0.15) is 4.31 Å². The molecule has 1 fully saturated rings. The fraction of sp³-hybridized carbons (Fsp3) is 0.263. The zero-order valence-corrected chi connectivity index (χ0v) is 17.0. The first kappa shape index (κ1) is 20.8. The fourth-order valence-corrected chi connectivity index (χ4v) is 5.12. The Balaban J connectivity index is 1.47. The highest BCUT2D eigenvalue weighted by molar-refractivity contribution is 7.89. The molecule has 1 amide bonds. The highest BCUT2D eigenvalue weighted by atomic mass is 32.2. The van der Waals surface area contributed by atoms with Gasteiger partial charge in [0.15, 0.2) is 10.5 Å². The van der Waals surface area contributed by atoms with Crippen molar-refractivity contribution in [2.45, 2.75) is 11.4 Å². The van der Waals surface area contributed by atoms with Crippen molar-refractivity contribution in [2.75, 3.05) is 26.2 Å². The summed E-state index contributed by atoms with van der Waals surface area (Å²) in [6.07, 6.45) is 0. The molecular weight excluding hydrogens is 428 g/mol. The minimum absolute atomic E-state index is 0.0127. The zero-order chi connectivity index (χ0) is 22.2. The normalized spacial score (nSPS) is 15.3. The lowest BCUT2D eigenvalue weighted by Gasteiger charge is -2.33. The van der Waals surface area contributed by atoms with Crippen LogP contribution in [0.4, 0.5) is 5.69 Å². The number of fused-ring (bicyclic) bond motifs is 1. The Bertz CT molecular complexity index is 1320. The average molecular weight is 446 g/mol. The Morgan fingerprint density at radius 1 is 1.03 bits per heavy atom. The summed E-state index contributed by atoms with van der Waals surface area (Å²) in [5.41, 5.74) is 0.381. The number of aromatic nitrogens is 1. The number of para-hydroxylation sites is 3. The Labute approximate surface area is 176 Å². The quantitative estimate of drug-likeness (QED) is 0.422. The second-order valence-corrected chi connectivity index (χ2v) is 8.84. The van der Waals surface area contributed by atoms with Crippen LogP contribution >= 0.6 is 0 Å². The maximum atomic E-state index is 12.9. The molecule has 31 heavy (non-hydrogen) atoms. The molecule has 2 aromatic carbocycles. The molecule has 162 valence electrons. The van der Waals surface area contributed by atoms with Gasteiger partial charge in [-0.05, 0) is 18.2 Å². The molecular formula is C19H18N4O7S. The molecule has 12 heteroatoms. The summed E-state index contributed by atoms with van der Waals surface area (Å²) in [7, 11) is -4.09. The van der Waals surface area contributed by atoms with E-state index in [1.807, 2.05) is 0 Å². The van der Waals surface area contributed by atoms with Gasteiger partial charge in [-0.25, -0.2) is 13.2 Å². The van der Waals surface area contributed by atoms with Crippen LogP contribution in [0.15, 0.2) is 62.6 Å². The summed E-state index contributed by atoms with van der Waals surface area (Å²) >= 11 is 0. The SMILES string of the molecule is O=C(Cn1c(=O)oc2ccccc21)N1CCN(S(=O)(=O)c2ccccc2[N+](=O)[O-])CC1. The van der Waals surface area contributed by atoms with Crippen LogP contribution in [0.5, 0.6) is 0 Å². The smallest absolute Gasteiger partial charge is 0.408 e. The van der Waals surface area contributed by atoms with Gasteiger partial charge in [-0.15, -0.1) is 0 Å². The van der Waals surface area contributed by atoms with Crippen LogP contribution in [0, 0.1) is 10.1 Å². The molecule has 1 aromatic heterocycles. The third kappa shape index (κ3) is 3.82. The second kappa shape index (κ2) is 7.96. The van der Waals surface area contributed by atoms with E-state index in [0.717, 1.165) is 10.4 Å². The van der Waals surface area contributed by atoms with E-state index < -0.39 is 26.4 Å². The van der Waals surface area contributed by atoms with Crippen LogP contribution < -0.4 is 5.76 Å². The molecule has 0 unspecified atom stereocenters. The molecule has 0 bridgehead atoms. The van der Waals surface area contributed by atoms with Gasteiger partial charge in [-0.3, -0.25) is 19.5 Å². The van der Waals surface area contributed by atoms with Crippen molar-refractivity contribution in [1.82, 2.24) is 13.8 Å². The third-order valence-electron chi connectivity index (χ3n) is 5.14. The molecule has 4 rings (SSSR count). The number of sulfonamides is 1. The number of nitrogens with zero attached hydrogens (tertiary/aromatic N) is 4. The van der Waals surface area contributed by atoms with Crippen molar-refractivity contribution in [3.63, 3.8) is 0 Å². The average Bonchev–Trinajstić information content (AvgIpc) is 3.08. The lowest BCUT2D eigenvalue weighted by molar-refractivity contribution is -0.387. The Hall–Kier alpha value is -3.51. The van der Waals surface area contributed by atoms with E-state index in [9.17, 15) is 28.1 Å². The summed E-state index contributed by atoms with van der Waals surface area (Å²) in [5.74, 6) is -0.997. The highest BCUT2D eigenvalue weighted by Crippen LogP contribution is 2.27. The van der Waals surface area contributed by atoms with Crippen molar-refractivity contribution in [2.24, 2.45) is 0 Å². The van der Waals surface area contributed by atoms with E-state index in [-0.39, 0.29) is 43.5 Å². The summed E-state index contributed by atoms with van der Waals surface area (Å²) in [4.78, 5) is 36.3. The number of carbonyl (C=O) groups excluding carboxylic acids is 1. The van der Waals surface area contributed by atoms with Crippen molar-refractivity contribution in [3.05, 3.63) is 69.2 Å². The number of nitro benzene ring substituents is 1. The van der Waals surface area contributed by atoms with Crippen molar-refractivity contribution in [3.8, 4) is 0 Å². The second-order valence-electron chi connectivity index (χ2n) is 6.93. The topological polar surface area (TPSA) is 136 Å². The van der Waals surface area contributed by atoms with Gasteiger partial charge in [0.1, 0.15) is 6.54 Å². The molecule has 0 aliphatic carbocycles. The number of piperazine rings is 1. The zero-order valence-electron chi connectivity index (χ0n) is 16.2.